The van der Waals surface area contributed by atoms with Crippen molar-refractivity contribution in [3.63, 3.8) is 0 Å². The summed E-state index contributed by atoms with van der Waals surface area (Å²) in [6, 6.07) is 0.311. The van der Waals surface area contributed by atoms with Gasteiger partial charge < -0.3 is 15.4 Å². The van der Waals surface area contributed by atoms with Crippen LogP contribution >= 0.6 is 11.8 Å². The number of carbonyl (C=O) groups excluding carboxylic acids is 2. The summed E-state index contributed by atoms with van der Waals surface area (Å²) in [5, 5.41) is 6.07. The monoisotopic (exact) mass is 230 g/mol. The maximum Gasteiger partial charge on any atom is 0.315 e. The van der Waals surface area contributed by atoms with Gasteiger partial charge in [-0.15, -0.1) is 0 Å². The molecule has 6 heteroatoms. The zero-order chi connectivity index (χ0) is 10.8. The van der Waals surface area contributed by atoms with E-state index < -0.39 is 0 Å². The van der Waals surface area contributed by atoms with Gasteiger partial charge in [-0.25, -0.2) is 4.79 Å². The van der Waals surface area contributed by atoms with Gasteiger partial charge in [-0.2, -0.15) is 11.8 Å². The summed E-state index contributed by atoms with van der Waals surface area (Å²) >= 11 is 1.80. The van der Waals surface area contributed by atoms with Gasteiger partial charge in [0.15, 0.2) is 0 Å². The number of thioether (sulfide) groups is 1. The van der Waals surface area contributed by atoms with E-state index in [4.69, 9.17) is 0 Å². The molecule has 2 heterocycles. The molecule has 2 aliphatic heterocycles. The second-order valence-electron chi connectivity index (χ2n) is 3.74. The first-order chi connectivity index (χ1) is 7.20. The number of carbonyl (C=O) groups is 2. The fraction of sp³-hybridized carbons (Fsp3) is 0.778. The smallest absolute Gasteiger partial charge is 0.315 e. The van der Waals surface area contributed by atoms with Crippen LogP contribution in [0, 0.1) is 0 Å². The van der Waals surface area contributed by atoms with E-state index in [0.717, 1.165) is 12.2 Å². The minimum absolute atomic E-state index is 0.0895. The number of amides is 2. The van der Waals surface area contributed by atoms with Crippen LogP contribution < -0.4 is 10.6 Å². The SMILES string of the molecule is COC(=O)CC[C@@H]1SCC2NC(=O)NC21. The molecule has 2 N–H and O–H groups in total. The Bertz CT molecular complexity index is 285. The zero-order valence-electron chi connectivity index (χ0n) is 8.49. The standard InChI is InChI=1S/C9H14N2O3S/c1-14-7(12)3-2-6-8-5(4-15-6)10-9(13)11-8/h5-6,8H,2-4H2,1H3,(H2,10,11,13)/t5?,6-,8?/m0/s1. The molecular formula is C9H14N2O3S. The van der Waals surface area contributed by atoms with E-state index in [9.17, 15) is 9.59 Å². The lowest BCUT2D eigenvalue weighted by atomic mass is 10.0. The molecular weight excluding hydrogens is 216 g/mol. The molecule has 2 aliphatic rings. The Morgan fingerprint density at radius 1 is 1.60 bits per heavy atom. The van der Waals surface area contributed by atoms with Crippen LogP contribution in [0.1, 0.15) is 12.8 Å². The number of fused-ring (bicyclic) bond motifs is 1. The number of methoxy groups -OCH3 is 1. The molecule has 0 bridgehead atoms. The molecule has 0 aromatic carbocycles. The average molecular weight is 230 g/mol. The number of hydrogen-bond acceptors (Lipinski definition) is 4. The van der Waals surface area contributed by atoms with E-state index in [-0.39, 0.29) is 24.1 Å². The van der Waals surface area contributed by atoms with Gasteiger partial charge in [0, 0.05) is 17.4 Å². The normalized spacial score (nSPS) is 33.1. The number of nitrogens with one attached hydrogen (secondary N) is 2. The number of rotatable bonds is 3. The maximum atomic E-state index is 11.1. The Morgan fingerprint density at radius 2 is 2.40 bits per heavy atom. The van der Waals surface area contributed by atoms with E-state index in [1.807, 2.05) is 0 Å². The minimum Gasteiger partial charge on any atom is -0.469 e. The zero-order valence-corrected chi connectivity index (χ0v) is 9.30. The molecule has 0 aromatic heterocycles. The van der Waals surface area contributed by atoms with Crippen molar-refractivity contribution in [2.24, 2.45) is 0 Å². The average Bonchev–Trinajstić information content (AvgIpc) is 2.73. The molecule has 5 nitrogen and oxygen atoms in total. The number of urea groups is 1. The molecule has 0 radical (unpaired) electrons. The highest BCUT2D eigenvalue weighted by molar-refractivity contribution is 8.00. The summed E-state index contributed by atoms with van der Waals surface area (Å²) < 4.78 is 4.59. The Kier molecular flexibility index (Phi) is 3.04. The predicted molar refractivity (Wildman–Crippen MR) is 56.7 cm³/mol. The van der Waals surface area contributed by atoms with Crippen LogP contribution in [0.5, 0.6) is 0 Å². The van der Waals surface area contributed by atoms with Crippen molar-refractivity contribution in [3.8, 4) is 0 Å². The van der Waals surface area contributed by atoms with Crippen LogP contribution in [-0.4, -0.2) is 42.2 Å². The number of ether oxygens (including phenoxy) is 1. The summed E-state index contributed by atoms with van der Waals surface area (Å²) in [5.74, 6) is 0.742. The molecule has 3 atom stereocenters. The fourth-order valence-corrected chi connectivity index (χ4v) is 3.50. The van der Waals surface area contributed by atoms with Crippen LogP contribution in [0.3, 0.4) is 0 Å². The Balaban J connectivity index is 1.84. The second-order valence-corrected chi connectivity index (χ2v) is 5.01. The molecule has 0 saturated carbocycles. The molecule has 15 heavy (non-hydrogen) atoms. The third-order valence-electron chi connectivity index (χ3n) is 2.80. The van der Waals surface area contributed by atoms with Gasteiger partial charge in [0.25, 0.3) is 0 Å². The van der Waals surface area contributed by atoms with Crippen LogP contribution in [0.4, 0.5) is 4.79 Å². The third-order valence-corrected chi connectivity index (χ3v) is 4.31. The summed E-state index contributed by atoms with van der Waals surface area (Å²) in [7, 11) is 1.39. The van der Waals surface area contributed by atoms with Crippen molar-refractivity contribution < 1.29 is 14.3 Å². The molecule has 2 rings (SSSR count). The first kappa shape index (κ1) is 10.6. The first-order valence-corrected chi connectivity index (χ1v) is 6.01. The van der Waals surface area contributed by atoms with Gasteiger partial charge >= 0.3 is 12.0 Å². The van der Waals surface area contributed by atoms with Crippen molar-refractivity contribution >= 4 is 23.8 Å². The number of esters is 1. The number of hydrogen-bond donors (Lipinski definition) is 2. The van der Waals surface area contributed by atoms with E-state index in [1.54, 1.807) is 11.8 Å². The molecule has 2 fully saturated rings. The molecule has 84 valence electrons. The minimum atomic E-state index is -0.184. The van der Waals surface area contributed by atoms with Crippen LogP contribution in [0.25, 0.3) is 0 Å². The molecule has 2 amide bonds. The van der Waals surface area contributed by atoms with Crippen LogP contribution in [0.15, 0.2) is 0 Å². The van der Waals surface area contributed by atoms with Gasteiger partial charge in [0.2, 0.25) is 0 Å². The van der Waals surface area contributed by atoms with Gasteiger partial charge in [0.05, 0.1) is 19.2 Å². The van der Waals surface area contributed by atoms with Gasteiger partial charge in [0.1, 0.15) is 0 Å². The highest BCUT2D eigenvalue weighted by Gasteiger charge is 2.42. The van der Waals surface area contributed by atoms with E-state index >= 15 is 0 Å². The first-order valence-electron chi connectivity index (χ1n) is 4.96. The third kappa shape index (κ3) is 2.19. The van der Waals surface area contributed by atoms with Gasteiger partial charge in [-0.1, -0.05) is 0 Å². The lowest BCUT2D eigenvalue weighted by molar-refractivity contribution is -0.140. The van der Waals surface area contributed by atoms with Crippen LogP contribution in [0.2, 0.25) is 0 Å². The predicted octanol–water partition coefficient (Wildman–Crippen LogP) is 0.105. The molecule has 2 saturated heterocycles. The van der Waals surface area contributed by atoms with E-state index in [1.165, 1.54) is 7.11 Å². The van der Waals surface area contributed by atoms with Crippen molar-refractivity contribution in [2.75, 3.05) is 12.9 Å². The highest BCUT2D eigenvalue weighted by atomic mass is 32.2. The lowest BCUT2D eigenvalue weighted by Gasteiger charge is -2.15. The Hall–Kier alpha value is -0.910. The quantitative estimate of drug-likeness (QED) is 0.533. The Morgan fingerprint density at radius 3 is 3.13 bits per heavy atom. The van der Waals surface area contributed by atoms with Crippen molar-refractivity contribution in [2.45, 2.75) is 30.2 Å². The maximum absolute atomic E-state index is 11.1. The fourth-order valence-electron chi connectivity index (χ4n) is 2.01. The summed E-state index contributed by atoms with van der Waals surface area (Å²) in [4.78, 5) is 22.1. The van der Waals surface area contributed by atoms with Crippen molar-refractivity contribution in [1.29, 1.82) is 0 Å². The van der Waals surface area contributed by atoms with Gasteiger partial charge in [-0.05, 0) is 6.42 Å². The molecule has 2 unspecified atom stereocenters. The van der Waals surface area contributed by atoms with Crippen molar-refractivity contribution in [1.82, 2.24) is 10.6 Å². The van der Waals surface area contributed by atoms with E-state index in [0.29, 0.717) is 11.7 Å². The highest BCUT2D eigenvalue weighted by Crippen LogP contribution is 2.32. The second kappa shape index (κ2) is 4.30. The summed E-state index contributed by atoms with van der Waals surface area (Å²) in [6.45, 7) is 0. The summed E-state index contributed by atoms with van der Waals surface area (Å²) in [6.07, 6.45) is 1.19. The van der Waals surface area contributed by atoms with E-state index in [2.05, 4.69) is 15.4 Å². The molecule has 0 aliphatic carbocycles. The molecule has 0 spiro atoms. The lowest BCUT2D eigenvalue weighted by Crippen LogP contribution is -2.37. The topological polar surface area (TPSA) is 67.4 Å². The van der Waals surface area contributed by atoms with Crippen LogP contribution in [-0.2, 0) is 9.53 Å². The van der Waals surface area contributed by atoms with Crippen molar-refractivity contribution in [3.05, 3.63) is 0 Å². The Labute approximate surface area is 92.3 Å². The summed E-state index contributed by atoms with van der Waals surface area (Å²) in [5.41, 5.74) is 0. The van der Waals surface area contributed by atoms with Gasteiger partial charge in [-0.3, -0.25) is 4.79 Å². The largest absolute Gasteiger partial charge is 0.469 e. The molecule has 0 aromatic rings.